The number of carbonyl (C=O) groups is 3. The Kier molecular flexibility index (Phi) is 5.47. The number of hydrogen-bond acceptors (Lipinski definition) is 6. The lowest BCUT2D eigenvalue weighted by Gasteiger charge is -2.29. The number of para-hydroxylation sites is 1. The molecule has 1 saturated heterocycles. The Morgan fingerprint density at radius 1 is 1.34 bits per heavy atom. The summed E-state index contributed by atoms with van der Waals surface area (Å²) in [6.45, 7) is 3.46. The van der Waals surface area contributed by atoms with Crippen molar-refractivity contribution in [1.29, 1.82) is 0 Å². The molecule has 1 atom stereocenters. The fourth-order valence-electron chi connectivity index (χ4n) is 3.08. The van der Waals surface area contributed by atoms with Crippen LogP contribution in [0.25, 0.3) is 0 Å². The van der Waals surface area contributed by atoms with Crippen molar-refractivity contribution in [2.45, 2.75) is 12.5 Å². The summed E-state index contributed by atoms with van der Waals surface area (Å²) >= 11 is 0. The summed E-state index contributed by atoms with van der Waals surface area (Å²) < 4.78 is 4.09. The fourth-order valence-corrected chi connectivity index (χ4v) is 3.08. The number of hydrazone groups is 1. The number of phenolic OH excluding ortho intramolecular Hbond substituents is 1. The molecule has 2 aliphatic rings. The van der Waals surface area contributed by atoms with Gasteiger partial charge >= 0.3 is 11.9 Å². The standard InChI is InChI=1S/C19H20N6O4/c1-4-6-12-7-5-8-13(16(12)27)9-21-22-14(26)10-25-11-20-17-15(25)18(28)24(3)19(29)23(17)2/h4-5,7-9,11,15H,1,6,10H2,2-3H3,(H-,21,22,26,27)/p+1. The van der Waals surface area contributed by atoms with Crippen LogP contribution in [0.5, 0.6) is 5.75 Å². The third-order valence-electron chi connectivity index (χ3n) is 4.63. The first-order valence-electron chi connectivity index (χ1n) is 8.80. The van der Waals surface area contributed by atoms with Gasteiger partial charge in [0.15, 0.2) is 0 Å². The van der Waals surface area contributed by atoms with Gasteiger partial charge in [0.2, 0.25) is 0 Å². The molecule has 2 N–H and O–H groups in total. The van der Waals surface area contributed by atoms with E-state index >= 15 is 0 Å². The van der Waals surface area contributed by atoms with Gasteiger partial charge in [-0.2, -0.15) is 10.0 Å². The van der Waals surface area contributed by atoms with Crippen LogP contribution in [0, 0.1) is 0 Å². The Hall–Kier alpha value is -3.91. The van der Waals surface area contributed by atoms with Crippen molar-refractivity contribution in [1.82, 2.24) is 24.8 Å². The predicted octanol–water partition coefficient (Wildman–Crippen LogP) is -0.727. The number of urea groups is 1. The quantitative estimate of drug-likeness (QED) is 0.284. The summed E-state index contributed by atoms with van der Waals surface area (Å²) in [7, 11) is 2.90. The van der Waals surface area contributed by atoms with Gasteiger partial charge in [-0.3, -0.25) is 19.4 Å². The Balaban J connectivity index is 1.62. The molecule has 3 rings (SSSR count). The molecule has 29 heavy (non-hydrogen) atoms. The minimum Gasteiger partial charge on any atom is -0.507 e. The molecule has 150 valence electrons. The third-order valence-corrected chi connectivity index (χ3v) is 4.63. The molecule has 1 unspecified atom stereocenters. The number of amides is 4. The van der Waals surface area contributed by atoms with E-state index in [1.807, 2.05) is 0 Å². The highest BCUT2D eigenvalue weighted by Gasteiger charge is 2.53. The van der Waals surface area contributed by atoms with Crippen LogP contribution >= 0.6 is 0 Å². The first-order valence-corrected chi connectivity index (χ1v) is 8.80. The smallest absolute Gasteiger partial charge is 0.389 e. The maximum absolute atomic E-state index is 12.4. The van der Waals surface area contributed by atoms with Gasteiger partial charge in [0.05, 0.1) is 13.3 Å². The summed E-state index contributed by atoms with van der Waals surface area (Å²) in [5, 5.41) is 14.1. The zero-order chi connectivity index (χ0) is 21.1. The highest BCUT2D eigenvalue weighted by Crippen LogP contribution is 2.21. The number of benzene rings is 1. The van der Waals surface area contributed by atoms with E-state index in [-0.39, 0.29) is 18.1 Å². The molecule has 1 fully saturated rings. The third kappa shape index (κ3) is 3.74. The molecule has 0 aliphatic carbocycles. The maximum Gasteiger partial charge on any atom is 0.389 e. The lowest BCUT2D eigenvalue weighted by Crippen LogP contribution is -2.63. The molecule has 1 aromatic rings. The SMILES string of the molecule is C=CCc1cccc(/C=N/NC(=O)CN2C=[N+]=C3C2C(=O)N(C)C(=O)N3C)c1O. The molecule has 4 amide bonds. The number of nitrogens with one attached hydrogen (secondary N) is 1. The van der Waals surface area contributed by atoms with E-state index in [0.29, 0.717) is 17.5 Å². The van der Waals surface area contributed by atoms with Crippen LogP contribution in [-0.2, 0) is 16.0 Å². The molecule has 1 aromatic carbocycles. The first-order chi connectivity index (χ1) is 13.8. The number of imide groups is 1. The van der Waals surface area contributed by atoms with E-state index in [0.717, 1.165) is 4.90 Å². The first kappa shape index (κ1) is 19.8. The van der Waals surface area contributed by atoms with Gasteiger partial charge in [0.1, 0.15) is 12.3 Å². The van der Waals surface area contributed by atoms with Gasteiger partial charge in [0.25, 0.3) is 24.2 Å². The van der Waals surface area contributed by atoms with E-state index in [9.17, 15) is 19.5 Å². The molecular formula is C19H21N6O4+. The van der Waals surface area contributed by atoms with Crippen LogP contribution in [-0.4, -0.2) is 82.7 Å². The molecule has 0 spiro atoms. The van der Waals surface area contributed by atoms with Gasteiger partial charge < -0.3 is 5.11 Å². The van der Waals surface area contributed by atoms with Crippen LogP contribution in [0.3, 0.4) is 0 Å². The molecule has 10 heteroatoms. The molecule has 2 aliphatic heterocycles. The number of phenols is 1. The second-order valence-corrected chi connectivity index (χ2v) is 6.56. The van der Waals surface area contributed by atoms with Crippen LogP contribution in [0.1, 0.15) is 11.1 Å². The van der Waals surface area contributed by atoms with Crippen LogP contribution in [0.15, 0.2) is 36.0 Å². The lowest BCUT2D eigenvalue weighted by molar-refractivity contribution is -0.131. The zero-order valence-electron chi connectivity index (χ0n) is 16.1. The van der Waals surface area contributed by atoms with E-state index < -0.39 is 23.9 Å². The number of rotatable bonds is 6. The van der Waals surface area contributed by atoms with Crippen LogP contribution in [0.2, 0.25) is 0 Å². The Bertz CT molecular complexity index is 979. The predicted molar refractivity (Wildman–Crippen MR) is 107 cm³/mol. The Morgan fingerprint density at radius 2 is 2.10 bits per heavy atom. The number of aromatic hydroxyl groups is 1. The van der Waals surface area contributed by atoms with Crippen LogP contribution < -0.4 is 10.1 Å². The summed E-state index contributed by atoms with van der Waals surface area (Å²) in [6, 6.07) is 3.89. The minimum atomic E-state index is -0.836. The second-order valence-electron chi connectivity index (χ2n) is 6.56. The molecule has 0 radical (unpaired) electrons. The Morgan fingerprint density at radius 3 is 2.83 bits per heavy atom. The van der Waals surface area contributed by atoms with Crippen molar-refractivity contribution in [2.75, 3.05) is 20.6 Å². The highest BCUT2D eigenvalue weighted by atomic mass is 16.3. The number of amidine groups is 1. The van der Waals surface area contributed by atoms with Crippen molar-refractivity contribution in [3.8, 4) is 5.75 Å². The summed E-state index contributed by atoms with van der Waals surface area (Å²) in [4.78, 5) is 40.3. The molecular weight excluding hydrogens is 376 g/mol. The number of fused-ring (bicyclic) bond motifs is 1. The normalized spacial score (nSPS) is 18.3. The lowest BCUT2D eigenvalue weighted by atomic mass is 10.1. The molecule has 0 saturated carbocycles. The Labute approximate surface area is 167 Å². The minimum absolute atomic E-state index is 0.0693. The number of allylic oxidation sites excluding steroid dienone is 1. The molecule has 10 nitrogen and oxygen atoms in total. The summed E-state index contributed by atoms with van der Waals surface area (Å²) in [5.41, 5.74) is 3.51. The van der Waals surface area contributed by atoms with E-state index in [1.54, 1.807) is 24.3 Å². The van der Waals surface area contributed by atoms with Gasteiger partial charge in [-0.1, -0.05) is 18.2 Å². The zero-order valence-corrected chi connectivity index (χ0v) is 16.1. The van der Waals surface area contributed by atoms with Gasteiger partial charge in [-0.25, -0.2) is 14.9 Å². The van der Waals surface area contributed by atoms with Gasteiger partial charge in [0, 0.05) is 12.6 Å². The van der Waals surface area contributed by atoms with E-state index in [4.69, 9.17) is 0 Å². The maximum atomic E-state index is 12.4. The number of likely N-dealkylation sites (N-methyl/N-ethyl adjacent to an activating group) is 2. The second kappa shape index (κ2) is 7.99. The molecule has 0 aromatic heterocycles. The number of hydrogen-bond donors (Lipinski definition) is 2. The average molecular weight is 397 g/mol. The summed E-state index contributed by atoms with van der Waals surface area (Å²) in [6.07, 6.45) is 4.87. The highest BCUT2D eigenvalue weighted by molar-refractivity contribution is 6.22. The fraction of sp³-hybridized carbons (Fsp3) is 0.263. The monoisotopic (exact) mass is 397 g/mol. The van der Waals surface area contributed by atoms with Crippen molar-refractivity contribution >= 4 is 36.2 Å². The van der Waals surface area contributed by atoms with Crippen molar-refractivity contribution in [3.05, 3.63) is 42.0 Å². The van der Waals surface area contributed by atoms with Crippen molar-refractivity contribution in [2.24, 2.45) is 5.10 Å². The number of carbonyl (C=O) groups excluding carboxylic acids is 3. The van der Waals surface area contributed by atoms with Gasteiger partial charge in [-0.15, -0.1) is 6.58 Å². The number of nitrogens with zero attached hydrogens (tertiary/aromatic N) is 5. The van der Waals surface area contributed by atoms with Crippen molar-refractivity contribution < 1.29 is 19.5 Å². The molecule has 0 bridgehead atoms. The van der Waals surface area contributed by atoms with E-state index in [1.165, 1.54) is 36.4 Å². The van der Waals surface area contributed by atoms with E-state index in [2.05, 4.69) is 21.8 Å². The largest absolute Gasteiger partial charge is 0.507 e. The van der Waals surface area contributed by atoms with Crippen molar-refractivity contribution in [3.63, 3.8) is 0 Å². The van der Waals surface area contributed by atoms with Gasteiger partial charge in [-0.05, 0) is 18.1 Å². The summed E-state index contributed by atoms with van der Waals surface area (Å²) in [5.74, 6) is -0.593. The average Bonchev–Trinajstić information content (AvgIpc) is 3.11. The topological polar surface area (TPSA) is 120 Å². The van der Waals surface area contributed by atoms with Crippen LogP contribution in [0.4, 0.5) is 4.79 Å². The molecule has 2 heterocycles.